The lowest BCUT2D eigenvalue weighted by atomic mass is 9.70. The van der Waals surface area contributed by atoms with Gasteiger partial charge in [-0.25, -0.2) is 9.78 Å². The molecule has 2 aliphatic carbocycles. The number of likely N-dealkylation sites (tertiary alicyclic amines) is 1. The summed E-state index contributed by atoms with van der Waals surface area (Å²) < 4.78 is 29.7. The molecular formula is C41H53BN4O7. The molecule has 53 heavy (non-hydrogen) atoms. The lowest BCUT2D eigenvalue weighted by Crippen LogP contribution is -2.52. The molecule has 12 heteroatoms. The molecule has 1 unspecified atom stereocenters. The number of aromatic nitrogens is 2. The number of imidazole rings is 1. The first-order valence-electron chi connectivity index (χ1n) is 19.3. The Kier molecular flexibility index (Phi) is 9.07. The van der Waals surface area contributed by atoms with Gasteiger partial charge in [-0.15, -0.1) is 0 Å². The molecule has 3 saturated heterocycles. The number of H-pyrrole nitrogens is 1. The third kappa shape index (κ3) is 6.19. The molecule has 2 spiro atoms. The molecule has 8 rings (SSSR count). The van der Waals surface area contributed by atoms with Crippen LogP contribution in [0.1, 0.15) is 103 Å². The smallest absolute Gasteiger partial charge is 0.453 e. The largest absolute Gasteiger partial charge is 0.495 e. The van der Waals surface area contributed by atoms with Crippen LogP contribution in [0, 0.1) is 5.92 Å². The summed E-state index contributed by atoms with van der Waals surface area (Å²) in [6.45, 7) is 13.2. The van der Waals surface area contributed by atoms with Crippen molar-refractivity contribution in [3.05, 3.63) is 59.5 Å². The fourth-order valence-corrected chi connectivity index (χ4v) is 9.44. The second-order valence-corrected chi connectivity index (χ2v) is 17.2. The van der Waals surface area contributed by atoms with E-state index in [4.69, 9.17) is 28.5 Å². The van der Waals surface area contributed by atoms with Crippen LogP contribution in [0.4, 0.5) is 4.79 Å². The van der Waals surface area contributed by atoms with Crippen LogP contribution >= 0.6 is 0 Å². The molecule has 2 aromatic carbocycles. The average molecular weight is 725 g/mol. The van der Waals surface area contributed by atoms with Gasteiger partial charge in [-0.05, 0) is 98.0 Å². The third-order valence-electron chi connectivity index (χ3n) is 13.1. The minimum absolute atomic E-state index is 0.158. The van der Waals surface area contributed by atoms with Crippen LogP contribution in [0.25, 0.3) is 22.4 Å². The van der Waals surface area contributed by atoms with Crippen LogP contribution < -0.4 is 10.8 Å². The van der Waals surface area contributed by atoms with Gasteiger partial charge in [0.15, 0.2) is 0 Å². The van der Waals surface area contributed by atoms with Gasteiger partial charge in [-0.1, -0.05) is 63.1 Å². The Hall–Kier alpha value is -3.71. The van der Waals surface area contributed by atoms with E-state index in [1.54, 1.807) is 4.90 Å². The Labute approximate surface area is 313 Å². The summed E-state index contributed by atoms with van der Waals surface area (Å²) in [6.07, 6.45) is 8.94. The van der Waals surface area contributed by atoms with E-state index < -0.39 is 17.7 Å². The lowest BCUT2D eigenvalue weighted by molar-refractivity contribution is -0.136. The highest BCUT2D eigenvalue weighted by molar-refractivity contribution is 6.62. The molecule has 0 radical (unpaired) electrons. The molecule has 4 heterocycles. The van der Waals surface area contributed by atoms with E-state index >= 15 is 0 Å². The van der Waals surface area contributed by atoms with Gasteiger partial charge < -0.3 is 38.7 Å². The van der Waals surface area contributed by atoms with Crippen molar-refractivity contribution < 1.29 is 33.1 Å². The number of hydrogen-bond acceptors (Lipinski definition) is 8. The highest BCUT2D eigenvalue weighted by atomic mass is 16.7. The van der Waals surface area contributed by atoms with Gasteiger partial charge in [0.1, 0.15) is 24.3 Å². The molecule has 4 fully saturated rings. The second-order valence-electron chi connectivity index (χ2n) is 17.2. The zero-order valence-electron chi connectivity index (χ0n) is 32.2. The quantitative estimate of drug-likeness (QED) is 0.277. The van der Waals surface area contributed by atoms with Crippen molar-refractivity contribution in [2.75, 3.05) is 27.1 Å². The minimum Gasteiger partial charge on any atom is -0.453 e. The number of rotatable bonds is 7. The van der Waals surface area contributed by atoms with Crippen LogP contribution in [0.3, 0.4) is 0 Å². The van der Waals surface area contributed by atoms with Gasteiger partial charge in [0.05, 0.1) is 49.4 Å². The van der Waals surface area contributed by atoms with E-state index in [1.807, 2.05) is 20.0 Å². The number of nitrogens with one attached hydrogen (secondary N) is 2. The van der Waals surface area contributed by atoms with Gasteiger partial charge >= 0.3 is 13.2 Å². The highest BCUT2D eigenvalue weighted by Crippen LogP contribution is 2.53. The maximum atomic E-state index is 14.0. The topological polar surface area (TPSA) is 124 Å². The Morgan fingerprint density at radius 2 is 1.70 bits per heavy atom. The van der Waals surface area contributed by atoms with Crippen molar-refractivity contribution >= 4 is 24.6 Å². The van der Waals surface area contributed by atoms with E-state index in [0.717, 1.165) is 17.7 Å². The number of benzene rings is 2. The Morgan fingerprint density at radius 3 is 2.34 bits per heavy atom. The summed E-state index contributed by atoms with van der Waals surface area (Å²) in [7, 11) is 0.924. The van der Waals surface area contributed by atoms with Crippen LogP contribution in [-0.4, -0.2) is 83.9 Å². The molecule has 11 nitrogen and oxygen atoms in total. The fraction of sp³-hybridized carbons (Fsp3) is 0.585. The molecule has 282 valence electrons. The number of aromatic amines is 1. The molecule has 0 bridgehead atoms. The van der Waals surface area contributed by atoms with Gasteiger partial charge in [-0.2, -0.15) is 0 Å². The Bertz CT molecular complexity index is 1860. The number of methoxy groups -OCH3 is 1. The summed E-state index contributed by atoms with van der Waals surface area (Å²) in [5, 5.41) is 2.73. The third-order valence-corrected chi connectivity index (χ3v) is 13.1. The SMILES string of the molecule is COC(=O)N[C@H](C(=O)N1CC2(COCO2)C[C@H]1c1ncc(-c2ccc(-c3ccc(B4OC(C)(C)C(C)(C)O4)c4c3C3(CCCC3)CC4)cc2)[nH]1)C(C)C. The molecule has 3 aromatic rings. The first-order valence-corrected chi connectivity index (χ1v) is 19.3. The average Bonchev–Trinajstić information content (AvgIpc) is 4.00. The predicted molar refractivity (Wildman–Crippen MR) is 202 cm³/mol. The maximum Gasteiger partial charge on any atom is 0.495 e. The Balaban J connectivity index is 1.08. The number of fused-ring (bicyclic) bond motifs is 2. The summed E-state index contributed by atoms with van der Waals surface area (Å²) in [6, 6.07) is 12.1. The minimum atomic E-state index is -0.764. The molecule has 5 aliphatic rings. The van der Waals surface area contributed by atoms with Crippen LogP contribution in [0.5, 0.6) is 0 Å². The van der Waals surface area contributed by atoms with Crippen LogP contribution in [0.15, 0.2) is 42.6 Å². The van der Waals surface area contributed by atoms with Gasteiger partial charge in [0.25, 0.3) is 0 Å². The number of nitrogens with zero attached hydrogens (tertiary/aromatic N) is 2. The summed E-state index contributed by atoms with van der Waals surface area (Å²) in [5.74, 6) is 0.307. The monoisotopic (exact) mass is 724 g/mol. The van der Waals surface area contributed by atoms with Crippen molar-refractivity contribution in [2.24, 2.45) is 5.92 Å². The molecule has 3 atom stereocenters. The van der Waals surface area contributed by atoms with E-state index in [1.165, 1.54) is 66.9 Å². The first-order chi connectivity index (χ1) is 25.3. The van der Waals surface area contributed by atoms with Crippen molar-refractivity contribution in [1.82, 2.24) is 20.2 Å². The van der Waals surface area contributed by atoms with E-state index in [-0.39, 0.29) is 48.4 Å². The van der Waals surface area contributed by atoms with E-state index in [2.05, 4.69) is 74.4 Å². The molecule has 3 aliphatic heterocycles. The number of hydrogen-bond donors (Lipinski definition) is 2. The number of ether oxygens (including phenoxy) is 3. The van der Waals surface area contributed by atoms with Crippen molar-refractivity contribution in [3.63, 3.8) is 0 Å². The number of alkyl carbamates (subject to hydrolysis) is 1. The molecular weight excluding hydrogens is 671 g/mol. The number of amides is 2. The maximum absolute atomic E-state index is 14.0. The Morgan fingerprint density at radius 1 is 1.00 bits per heavy atom. The van der Waals surface area contributed by atoms with E-state index in [0.29, 0.717) is 25.4 Å². The normalized spacial score (nSPS) is 25.8. The molecule has 1 saturated carbocycles. The van der Waals surface area contributed by atoms with Crippen molar-refractivity contribution in [1.29, 1.82) is 0 Å². The summed E-state index contributed by atoms with van der Waals surface area (Å²) in [4.78, 5) is 36.3. The highest BCUT2D eigenvalue weighted by Gasteiger charge is 2.54. The molecule has 1 aromatic heterocycles. The predicted octanol–water partition coefficient (Wildman–Crippen LogP) is 6.20. The van der Waals surface area contributed by atoms with Gasteiger partial charge in [-0.3, -0.25) is 4.79 Å². The van der Waals surface area contributed by atoms with Gasteiger partial charge in [0, 0.05) is 6.42 Å². The molecule has 2 N–H and O–H groups in total. The second kappa shape index (κ2) is 13.2. The fourth-order valence-electron chi connectivity index (χ4n) is 9.44. The standard InChI is InChI=1S/C41H53BN4O7/c1-25(2)34(45-37(48)49-7)36(47)46-22-41(23-50-24-51-41)20-32(46)35-43-21-31(44-35)27-12-10-26(11-13-27)28-14-15-30(42-52-38(3,4)39(5,6)53-42)29-16-19-40(33(28)29)17-8-9-18-40/h10-15,21,25,32,34H,8-9,16-20,22-24H2,1-7H3,(H,43,44)(H,45,48)/t32-,34-,41?/m0/s1. The first kappa shape index (κ1) is 36.3. The zero-order chi connectivity index (χ0) is 37.3. The molecule has 2 amide bonds. The summed E-state index contributed by atoms with van der Waals surface area (Å²) >= 11 is 0. The lowest BCUT2D eigenvalue weighted by Gasteiger charge is -2.32. The zero-order valence-corrected chi connectivity index (χ0v) is 32.2. The van der Waals surface area contributed by atoms with Crippen LogP contribution in [-0.2, 0) is 40.1 Å². The van der Waals surface area contributed by atoms with Gasteiger partial charge in [0.2, 0.25) is 5.91 Å². The van der Waals surface area contributed by atoms with Crippen molar-refractivity contribution in [2.45, 2.75) is 121 Å². The number of carbonyl (C=O) groups excluding carboxylic acids is 2. The van der Waals surface area contributed by atoms with Crippen LogP contribution in [0.2, 0.25) is 0 Å². The number of carbonyl (C=O) groups is 2. The van der Waals surface area contributed by atoms with Crippen molar-refractivity contribution in [3.8, 4) is 22.4 Å². The van der Waals surface area contributed by atoms with E-state index in [9.17, 15) is 9.59 Å². The summed E-state index contributed by atoms with van der Waals surface area (Å²) in [5.41, 5.74) is 7.27.